The summed E-state index contributed by atoms with van der Waals surface area (Å²) in [5.74, 6) is 0.818. The Morgan fingerprint density at radius 1 is 1.08 bits per heavy atom. The number of aromatic amines is 2. The molecule has 4 rings (SSSR count). The quantitative estimate of drug-likeness (QED) is 0.736. The van der Waals surface area contributed by atoms with Crippen molar-refractivity contribution in [3.05, 3.63) is 28.7 Å². The maximum atomic E-state index is 11.6. The molecule has 0 spiro atoms. The molecule has 0 atom stereocenters. The van der Waals surface area contributed by atoms with Crippen LogP contribution in [-0.4, -0.2) is 56.4 Å². The van der Waals surface area contributed by atoms with Crippen LogP contribution in [0.25, 0.3) is 11.0 Å². The van der Waals surface area contributed by atoms with Crippen LogP contribution in [0.3, 0.4) is 0 Å². The number of hydrogen-bond acceptors (Lipinski definition) is 6. The molecule has 3 heterocycles. The highest BCUT2D eigenvalue weighted by Crippen LogP contribution is 2.25. The minimum absolute atomic E-state index is 0.174. The lowest BCUT2D eigenvalue weighted by Crippen LogP contribution is -2.47. The molecule has 24 heavy (non-hydrogen) atoms. The summed E-state index contributed by atoms with van der Waals surface area (Å²) >= 11 is 0. The zero-order chi connectivity index (χ0) is 16.7. The summed E-state index contributed by atoms with van der Waals surface area (Å²) in [4.78, 5) is 21.8. The second-order valence-corrected chi connectivity index (χ2v) is 6.27. The molecule has 1 aliphatic heterocycles. The lowest BCUT2D eigenvalue weighted by Gasteiger charge is -2.36. The Kier molecular flexibility index (Phi) is 3.47. The number of imidazole rings is 1. The lowest BCUT2D eigenvalue weighted by molar-refractivity contribution is 0.502. The van der Waals surface area contributed by atoms with Gasteiger partial charge >= 0.3 is 5.69 Å². The molecular formula is C15H20N8O. The Hall–Kier alpha value is -2.84. The fourth-order valence-electron chi connectivity index (χ4n) is 3.18. The van der Waals surface area contributed by atoms with E-state index in [-0.39, 0.29) is 11.7 Å². The maximum absolute atomic E-state index is 11.6. The van der Waals surface area contributed by atoms with Crippen LogP contribution in [0.5, 0.6) is 0 Å². The maximum Gasteiger partial charge on any atom is 0.323 e. The average Bonchev–Trinajstić information content (AvgIpc) is 3.20. The Morgan fingerprint density at radius 2 is 1.83 bits per heavy atom. The van der Waals surface area contributed by atoms with Crippen LogP contribution >= 0.6 is 0 Å². The zero-order valence-corrected chi connectivity index (χ0v) is 13.7. The number of rotatable bonds is 3. The summed E-state index contributed by atoms with van der Waals surface area (Å²) in [7, 11) is 0. The van der Waals surface area contributed by atoms with Crippen LogP contribution in [0.15, 0.2) is 23.0 Å². The van der Waals surface area contributed by atoms with E-state index in [4.69, 9.17) is 0 Å². The van der Waals surface area contributed by atoms with Crippen LogP contribution in [0.2, 0.25) is 0 Å². The van der Waals surface area contributed by atoms with Crippen LogP contribution in [0, 0.1) is 0 Å². The van der Waals surface area contributed by atoms with E-state index in [9.17, 15) is 4.79 Å². The topological polar surface area (TPSA) is 98.7 Å². The molecule has 0 saturated carbocycles. The van der Waals surface area contributed by atoms with Crippen molar-refractivity contribution in [3.63, 3.8) is 0 Å². The smallest absolute Gasteiger partial charge is 0.323 e. The first-order chi connectivity index (χ1) is 11.6. The van der Waals surface area contributed by atoms with Gasteiger partial charge in [0.15, 0.2) is 0 Å². The molecule has 1 fully saturated rings. The van der Waals surface area contributed by atoms with Crippen molar-refractivity contribution in [3.8, 4) is 0 Å². The number of anilines is 2. The van der Waals surface area contributed by atoms with Gasteiger partial charge in [0.2, 0.25) is 5.95 Å². The fourth-order valence-corrected chi connectivity index (χ4v) is 3.18. The number of tetrazole rings is 1. The van der Waals surface area contributed by atoms with Gasteiger partial charge in [0.1, 0.15) is 0 Å². The van der Waals surface area contributed by atoms with Crippen molar-refractivity contribution in [1.29, 1.82) is 0 Å². The number of nitrogens with one attached hydrogen (secondary N) is 2. The Morgan fingerprint density at radius 3 is 2.58 bits per heavy atom. The average molecular weight is 328 g/mol. The number of benzene rings is 1. The molecule has 3 aromatic rings. The zero-order valence-electron chi connectivity index (χ0n) is 13.7. The third-order valence-electron chi connectivity index (χ3n) is 4.40. The third kappa shape index (κ3) is 2.41. The normalized spacial score (nSPS) is 15.6. The molecule has 1 aliphatic rings. The molecule has 126 valence electrons. The van der Waals surface area contributed by atoms with Crippen molar-refractivity contribution in [2.75, 3.05) is 36.0 Å². The minimum atomic E-state index is -0.174. The Bertz CT molecular complexity index is 899. The molecule has 0 bridgehead atoms. The summed E-state index contributed by atoms with van der Waals surface area (Å²) in [6.45, 7) is 7.49. The molecule has 2 aromatic heterocycles. The summed E-state index contributed by atoms with van der Waals surface area (Å²) < 4.78 is 1.85. The van der Waals surface area contributed by atoms with Gasteiger partial charge in [0, 0.05) is 26.2 Å². The molecular weight excluding hydrogens is 308 g/mol. The van der Waals surface area contributed by atoms with Gasteiger partial charge in [-0.25, -0.2) is 9.48 Å². The summed E-state index contributed by atoms with van der Waals surface area (Å²) in [6.07, 6.45) is 0. The first kappa shape index (κ1) is 14.7. The van der Waals surface area contributed by atoms with Crippen LogP contribution in [-0.2, 0) is 0 Å². The molecule has 9 nitrogen and oxygen atoms in total. The van der Waals surface area contributed by atoms with E-state index in [0.717, 1.165) is 48.8 Å². The van der Waals surface area contributed by atoms with Crippen LogP contribution in [0.1, 0.15) is 19.9 Å². The van der Waals surface area contributed by atoms with E-state index < -0.39 is 0 Å². The number of H-pyrrole nitrogens is 2. The standard InChI is InChI=1S/C15H20N8O/c1-10(2)23-15(18-19-20-23)22-8-6-21(7-9-22)12-5-3-4-11-13(12)17-14(24)16-11/h3-5,10H,6-9H2,1-2H3,(H2,16,17,24). The highest BCUT2D eigenvalue weighted by molar-refractivity contribution is 5.88. The number of piperazine rings is 1. The molecule has 1 aromatic carbocycles. The van der Waals surface area contributed by atoms with Crippen LogP contribution < -0.4 is 15.5 Å². The lowest BCUT2D eigenvalue weighted by atomic mass is 10.2. The second kappa shape index (κ2) is 5.66. The van der Waals surface area contributed by atoms with Gasteiger partial charge in [-0.3, -0.25) is 0 Å². The largest absolute Gasteiger partial charge is 0.366 e. The Labute approximate surface area is 138 Å². The summed E-state index contributed by atoms with van der Waals surface area (Å²) in [5, 5.41) is 12.0. The summed E-state index contributed by atoms with van der Waals surface area (Å²) in [5.41, 5.74) is 2.58. The molecule has 0 aliphatic carbocycles. The van der Waals surface area contributed by atoms with Gasteiger partial charge in [-0.05, 0) is 36.4 Å². The monoisotopic (exact) mass is 328 g/mol. The van der Waals surface area contributed by atoms with E-state index in [0.29, 0.717) is 0 Å². The van der Waals surface area contributed by atoms with E-state index in [1.807, 2.05) is 22.9 Å². The molecule has 9 heteroatoms. The van der Waals surface area contributed by atoms with Crippen molar-refractivity contribution in [2.24, 2.45) is 0 Å². The number of para-hydroxylation sites is 1. The fraction of sp³-hybridized carbons (Fsp3) is 0.467. The molecule has 0 radical (unpaired) electrons. The molecule has 2 N–H and O–H groups in total. The van der Waals surface area contributed by atoms with Gasteiger partial charge < -0.3 is 19.8 Å². The van der Waals surface area contributed by atoms with Gasteiger partial charge in [-0.15, -0.1) is 0 Å². The number of aromatic nitrogens is 6. The van der Waals surface area contributed by atoms with Crippen molar-refractivity contribution < 1.29 is 0 Å². The first-order valence-electron chi connectivity index (χ1n) is 8.12. The molecule has 1 saturated heterocycles. The number of fused-ring (bicyclic) bond motifs is 1. The molecule has 0 unspecified atom stereocenters. The van der Waals surface area contributed by atoms with Gasteiger partial charge in [0.25, 0.3) is 0 Å². The van der Waals surface area contributed by atoms with E-state index in [1.54, 1.807) is 0 Å². The van der Waals surface area contributed by atoms with Gasteiger partial charge in [0.05, 0.1) is 22.8 Å². The minimum Gasteiger partial charge on any atom is -0.366 e. The van der Waals surface area contributed by atoms with E-state index in [2.05, 4.69) is 49.1 Å². The van der Waals surface area contributed by atoms with Crippen molar-refractivity contribution in [1.82, 2.24) is 30.2 Å². The second-order valence-electron chi connectivity index (χ2n) is 6.27. The summed E-state index contributed by atoms with van der Waals surface area (Å²) in [6, 6.07) is 6.14. The number of nitrogens with zero attached hydrogens (tertiary/aromatic N) is 6. The van der Waals surface area contributed by atoms with Crippen LogP contribution in [0.4, 0.5) is 11.6 Å². The van der Waals surface area contributed by atoms with Crippen molar-refractivity contribution >= 4 is 22.7 Å². The highest BCUT2D eigenvalue weighted by Gasteiger charge is 2.23. The Balaban J connectivity index is 1.55. The van der Waals surface area contributed by atoms with Gasteiger partial charge in [-0.2, -0.15) is 0 Å². The number of hydrogen-bond donors (Lipinski definition) is 2. The molecule has 0 amide bonds. The van der Waals surface area contributed by atoms with E-state index in [1.165, 1.54) is 0 Å². The van der Waals surface area contributed by atoms with E-state index >= 15 is 0 Å². The predicted octanol–water partition coefficient (Wildman–Crippen LogP) is 0.750. The first-order valence-corrected chi connectivity index (χ1v) is 8.12. The SMILES string of the molecule is CC(C)n1nnnc1N1CCN(c2cccc3[nH]c(=O)[nH]c23)CC1. The van der Waals surface area contributed by atoms with Crippen molar-refractivity contribution in [2.45, 2.75) is 19.9 Å². The third-order valence-corrected chi connectivity index (χ3v) is 4.40. The predicted molar refractivity (Wildman–Crippen MR) is 91.5 cm³/mol. The van der Waals surface area contributed by atoms with Gasteiger partial charge in [-0.1, -0.05) is 11.2 Å². The highest BCUT2D eigenvalue weighted by atomic mass is 16.1.